The molecule has 1 aliphatic carbocycles. The summed E-state index contributed by atoms with van der Waals surface area (Å²) in [5, 5.41) is 5.37. The average Bonchev–Trinajstić information content (AvgIpc) is 3.12. The van der Waals surface area contributed by atoms with Crippen LogP contribution in [0.15, 0.2) is 18.3 Å². The van der Waals surface area contributed by atoms with E-state index in [0.29, 0.717) is 6.04 Å². The van der Waals surface area contributed by atoms with Crippen molar-refractivity contribution in [3.8, 4) is 0 Å². The molecule has 2 N–H and O–H groups in total. The first-order valence-electron chi connectivity index (χ1n) is 5.84. The zero-order chi connectivity index (χ0) is 13.0. The van der Waals surface area contributed by atoms with Gasteiger partial charge in [0.15, 0.2) is 0 Å². The third-order valence-corrected chi connectivity index (χ3v) is 2.57. The van der Waals surface area contributed by atoms with E-state index >= 15 is 0 Å². The summed E-state index contributed by atoms with van der Waals surface area (Å²) in [6, 6.07) is 2.80. The fourth-order valence-corrected chi connectivity index (χ4v) is 1.46. The maximum atomic E-state index is 12.8. The second-order valence-corrected chi connectivity index (χ2v) is 4.21. The van der Waals surface area contributed by atoms with E-state index in [1.54, 1.807) is 0 Å². The van der Waals surface area contributed by atoms with Crippen molar-refractivity contribution in [2.75, 3.05) is 6.54 Å². The number of hydrogen-bond acceptors (Lipinski definition) is 3. The molecule has 2 rings (SSSR count). The van der Waals surface area contributed by atoms with Gasteiger partial charge in [-0.3, -0.25) is 9.59 Å². The predicted octanol–water partition coefficient (Wildman–Crippen LogP) is 0.619. The lowest BCUT2D eigenvalue weighted by Gasteiger charge is -2.05. The van der Waals surface area contributed by atoms with Crippen LogP contribution in [-0.4, -0.2) is 29.4 Å². The number of carbonyl (C=O) groups is 2. The number of carbonyl (C=O) groups excluding carboxylic acids is 2. The third-order valence-electron chi connectivity index (χ3n) is 2.57. The Kier molecular flexibility index (Phi) is 3.86. The normalized spacial score (nSPS) is 14.1. The van der Waals surface area contributed by atoms with E-state index in [9.17, 15) is 14.0 Å². The number of hydrogen-bond donors (Lipinski definition) is 2. The first-order chi connectivity index (χ1) is 8.65. The molecule has 1 aliphatic rings. The quantitative estimate of drug-likeness (QED) is 0.754. The highest BCUT2D eigenvalue weighted by atomic mass is 19.1. The number of nitrogens with zero attached hydrogens (tertiary/aromatic N) is 1. The Morgan fingerprint density at radius 3 is 2.89 bits per heavy atom. The van der Waals surface area contributed by atoms with Crippen molar-refractivity contribution in [1.29, 1.82) is 0 Å². The minimum atomic E-state index is -0.700. The van der Waals surface area contributed by atoms with Crippen LogP contribution >= 0.6 is 0 Å². The van der Waals surface area contributed by atoms with E-state index in [-0.39, 0.29) is 24.4 Å². The van der Waals surface area contributed by atoms with Gasteiger partial charge in [0, 0.05) is 36.8 Å². The molecule has 1 saturated carbocycles. The Bertz CT molecular complexity index is 460. The van der Waals surface area contributed by atoms with E-state index in [1.807, 2.05) is 0 Å². The van der Waals surface area contributed by atoms with Crippen molar-refractivity contribution in [3.05, 3.63) is 29.8 Å². The van der Waals surface area contributed by atoms with E-state index in [2.05, 4.69) is 15.6 Å². The van der Waals surface area contributed by atoms with Crippen LogP contribution in [0.25, 0.3) is 0 Å². The molecule has 0 saturated heterocycles. The standard InChI is InChI=1S/C12H14FN3O2/c13-10-7-8(3-5-14-10)12(18)15-6-4-11(17)16-9-1-2-9/h3,5,7,9H,1-2,4,6H2,(H,15,18)(H,16,17). The second-order valence-electron chi connectivity index (χ2n) is 4.21. The maximum absolute atomic E-state index is 12.8. The molecule has 18 heavy (non-hydrogen) atoms. The Morgan fingerprint density at radius 1 is 1.44 bits per heavy atom. The molecule has 1 fully saturated rings. The van der Waals surface area contributed by atoms with Gasteiger partial charge in [-0.2, -0.15) is 4.39 Å². The largest absolute Gasteiger partial charge is 0.353 e. The minimum Gasteiger partial charge on any atom is -0.353 e. The molecule has 1 aromatic rings. The van der Waals surface area contributed by atoms with Crippen molar-refractivity contribution in [2.24, 2.45) is 0 Å². The molecule has 6 heteroatoms. The van der Waals surface area contributed by atoms with Gasteiger partial charge < -0.3 is 10.6 Å². The molecule has 0 spiro atoms. The van der Waals surface area contributed by atoms with Gasteiger partial charge in [-0.25, -0.2) is 4.98 Å². The predicted molar refractivity (Wildman–Crippen MR) is 62.3 cm³/mol. The summed E-state index contributed by atoms with van der Waals surface area (Å²) in [6.45, 7) is 0.237. The molecule has 96 valence electrons. The molecule has 1 aromatic heterocycles. The summed E-state index contributed by atoms with van der Waals surface area (Å²) >= 11 is 0. The maximum Gasteiger partial charge on any atom is 0.251 e. The van der Waals surface area contributed by atoms with Gasteiger partial charge in [-0.15, -0.1) is 0 Å². The molecule has 1 heterocycles. The number of rotatable bonds is 5. The molecular weight excluding hydrogens is 237 g/mol. The zero-order valence-electron chi connectivity index (χ0n) is 9.78. The van der Waals surface area contributed by atoms with Crippen molar-refractivity contribution < 1.29 is 14.0 Å². The molecule has 0 aliphatic heterocycles. The van der Waals surface area contributed by atoms with Crippen LogP contribution < -0.4 is 10.6 Å². The lowest BCUT2D eigenvalue weighted by Crippen LogP contribution is -2.31. The SMILES string of the molecule is O=C(CCNC(=O)c1ccnc(F)c1)NC1CC1. The van der Waals surface area contributed by atoms with Gasteiger partial charge >= 0.3 is 0 Å². The molecule has 0 atom stereocenters. The molecule has 2 amide bonds. The topological polar surface area (TPSA) is 71.1 Å². The van der Waals surface area contributed by atoms with Gasteiger partial charge in [0.05, 0.1) is 0 Å². The fraction of sp³-hybridized carbons (Fsp3) is 0.417. The molecule has 0 radical (unpaired) electrons. The third kappa shape index (κ3) is 3.80. The Morgan fingerprint density at radius 2 is 2.22 bits per heavy atom. The van der Waals surface area contributed by atoms with Crippen LogP contribution in [0.1, 0.15) is 29.6 Å². The molecular formula is C12H14FN3O2. The van der Waals surface area contributed by atoms with E-state index in [4.69, 9.17) is 0 Å². The highest BCUT2D eigenvalue weighted by molar-refractivity contribution is 5.94. The van der Waals surface area contributed by atoms with Crippen molar-refractivity contribution in [1.82, 2.24) is 15.6 Å². The van der Waals surface area contributed by atoms with Crippen LogP contribution in [0, 0.1) is 5.95 Å². The van der Waals surface area contributed by atoms with Gasteiger partial charge in [-0.1, -0.05) is 0 Å². The van der Waals surface area contributed by atoms with E-state index in [0.717, 1.165) is 18.9 Å². The fourth-order valence-electron chi connectivity index (χ4n) is 1.46. The summed E-state index contributed by atoms with van der Waals surface area (Å²) < 4.78 is 12.8. The van der Waals surface area contributed by atoms with Gasteiger partial charge in [0.25, 0.3) is 5.91 Å². The first-order valence-corrected chi connectivity index (χ1v) is 5.84. The van der Waals surface area contributed by atoms with Crippen molar-refractivity contribution in [2.45, 2.75) is 25.3 Å². The van der Waals surface area contributed by atoms with Gasteiger partial charge in [0.2, 0.25) is 11.9 Å². The van der Waals surface area contributed by atoms with Crippen LogP contribution in [0.4, 0.5) is 4.39 Å². The van der Waals surface area contributed by atoms with Crippen LogP contribution in [0.5, 0.6) is 0 Å². The summed E-state index contributed by atoms with van der Waals surface area (Å²) in [4.78, 5) is 26.3. The van der Waals surface area contributed by atoms with Crippen molar-refractivity contribution in [3.63, 3.8) is 0 Å². The lowest BCUT2D eigenvalue weighted by atomic mass is 10.2. The summed E-state index contributed by atoms with van der Waals surface area (Å²) in [6.07, 6.45) is 3.53. The number of halogens is 1. The van der Waals surface area contributed by atoms with Crippen LogP contribution in [-0.2, 0) is 4.79 Å². The van der Waals surface area contributed by atoms with Gasteiger partial charge in [-0.05, 0) is 18.9 Å². The van der Waals surface area contributed by atoms with Crippen LogP contribution in [0.3, 0.4) is 0 Å². The van der Waals surface area contributed by atoms with Crippen molar-refractivity contribution >= 4 is 11.8 Å². The highest BCUT2D eigenvalue weighted by Gasteiger charge is 2.22. The Hall–Kier alpha value is -1.98. The number of pyridine rings is 1. The molecule has 0 unspecified atom stereocenters. The number of nitrogens with one attached hydrogen (secondary N) is 2. The summed E-state index contributed by atoms with van der Waals surface area (Å²) in [5.41, 5.74) is 0.199. The first kappa shape index (κ1) is 12.5. The molecule has 0 bridgehead atoms. The van der Waals surface area contributed by atoms with E-state index < -0.39 is 11.9 Å². The number of aromatic nitrogens is 1. The van der Waals surface area contributed by atoms with Crippen LogP contribution in [0.2, 0.25) is 0 Å². The minimum absolute atomic E-state index is 0.0706. The monoisotopic (exact) mass is 251 g/mol. The smallest absolute Gasteiger partial charge is 0.251 e. The molecule has 5 nitrogen and oxygen atoms in total. The summed E-state index contributed by atoms with van der Waals surface area (Å²) in [7, 11) is 0. The zero-order valence-corrected chi connectivity index (χ0v) is 9.78. The van der Waals surface area contributed by atoms with E-state index in [1.165, 1.54) is 12.3 Å². The average molecular weight is 251 g/mol. The Balaban J connectivity index is 1.72. The second kappa shape index (κ2) is 5.57. The lowest BCUT2D eigenvalue weighted by molar-refractivity contribution is -0.121. The summed E-state index contributed by atoms with van der Waals surface area (Å²) in [5.74, 6) is -1.18. The molecule has 0 aromatic carbocycles. The van der Waals surface area contributed by atoms with Gasteiger partial charge in [0.1, 0.15) is 0 Å². The Labute approximate surface area is 104 Å². The number of amides is 2. The highest BCUT2D eigenvalue weighted by Crippen LogP contribution is 2.18.